The molecule has 0 bridgehead atoms. The summed E-state index contributed by atoms with van der Waals surface area (Å²) in [6, 6.07) is 14.3. The maximum Gasteiger partial charge on any atom is 0.222 e. The number of methoxy groups -OCH3 is 1. The van der Waals surface area contributed by atoms with Crippen LogP contribution >= 0.6 is 0 Å². The Kier molecular flexibility index (Phi) is 8.44. The molecule has 0 spiro atoms. The highest BCUT2D eigenvalue weighted by Gasteiger charge is 2.24. The first-order chi connectivity index (χ1) is 15.0. The number of nitrogens with zero attached hydrogens (tertiary/aromatic N) is 1. The Hall–Kier alpha value is -2.89. The number of rotatable bonds is 9. The van der Waals surface area contributed by atoms with Crippen LogP contribution in [0.3, 0.4) is 0 Å². The summed E-state index contributed by atoms with van der Waals surface area (Å²) in [5.41, 5.74) is 1.58. The molecule has 2 amide bonds. The van der Waals surface area contributed by atoms with Crippen LogP contribution in [0.5, 0.6) is 5.75 Å². The van der Waals surface area contributed by atoms with E-state index in [4.69, 9.17) is 4.74 Å². The van der Waals surface area contributed by atoms with Crippen molar-refractivity contribution in [2.24, 2.45) is 5.92 Å². The highest BCUT2D eigenvalue weighted by molar-refractivity contribution is 5.77. The Morgan fingerprint density at radius 1 is 1.16 bits per heavy atom. The van der Waals surface area contributed by atoms with Crippen molar-refractivity contribution in [2.45, 2.75) is 45.1 Å². The van der Waals surface area contributed by atoms with E-state index in [0.717, 1.165) is 37.1 Å². The minimum Gasteiger partial charge on any atom is -0.497 e. The van der Waals surface area contributed by atoms with Crippen LogP contribution in [0, 0.1) is 11.7 Å². The molecule has 2 aromatic rings. The van der Waals surface area contributed by atoms with Gasteiger partial charge in [0.25, 0.3) is 0 Å². The van der Waals surface area contributed by atoms with Gasteiger partial charge in [0.1, 0.15) is 11.6 Å². The first-order valence-electron chi connectivity index (χ1n) is 11.0. The minimum atomic E-state index is -0.307. The fourth-order valence-corrected chi connectivity index (χ4v) is 4.02. The van der Waals surface area contributed by atoms with Gasteiger partial charge in [-0.15, -0.1) is 0 Å². The molecule has 6 heteroatoms. The van der Waals surface area contributed by atoms with Gasteiger partial charge >= 0.3 is 0 Å². The van der Waals surface area contributed by atoms with Crippen LogP contribution in [-0.4, -0.2) is 36.9 Å². The zero-order chi connectivity index (χ0) is 22.1. The molecule has 1 aliphatic heterocycles. The number of hydrogen-bond donors (Lipinski definition) is 1. The van der Waals surface area contributed by atoms with E-state index < -0.39 is 0 Å². The lowest BCUT2D eigenvalue weighted by Crippen LogP contribution is -2.40. The van der Waals surface area contributed by atoms with Crippen LogP contribution in [-0.2, 0) is 22.6 Å². The molecule has 1 fully saturated rings. The smallest absolute Gasteiger partial charge is 0.222 e. The topological polar surface area (TPSA) is 58.6 Å². The van der Waals surface area contributed by atoms with Gasteiger partial charge in [0.05, 0.1) is 7.11 Å². The fourth-order valence-electron chi connectivity index (χ4n) is 4.02. The predicted octanol–water partition coefficient (Wildman–Crippen LogP) is 4.10. The highest BCUT2D eigenvalue weighted by Crippen LogP contribution is 2.22. The molecule has 0 aliphatic carbocycles. The predicted molar refractivity (Wildman–Crippen MR) is 118 cm³/mol. The number of likely N-dealkylation sites (tertiary alicyclic amines) is 1. The van der Waals surface area contributed by atoms with Crippen LogP contribution in [0.1, 0.15) is 43.2 Å². The van der Waals surface area contributed by atoms with Crippen molar-refractivity contribution in [1.29, 1.82) is 0 Å². The summed E-state index contributed by atoms with van der Waals surface area (Å²) < 4.78 is 18.9. The average Bonchev–Trinajstić information content (AvgIpc) is 2.81. The Morgan fingerprint density at radius 3 is 2.81 bits per heavy atom. The maximum atomic E-state index is 13.6. The normalized spacial score (nSPS) is 16.1. The molecule has 3 rings (SSSR count). The van der Waals surface area contributed by atoms with Crippen LogP contribution < -0.4 is 10.1 Å². The first-order valence-corrected chi connectivity index (χ1v) is 11.0. The van der Waals surface area contributed by atoms with E-state index in [0.29, 0.717) is 37.3 Å². The van der Waals surface area contributed by atoms with Gasteiger partial charge < -0.3 is 15.0 Å². The largest absolute Gasteiger partial charge is 0.497 e. The second kappa shape index (κ2) is 11.5. The lowest BCUT2D eigenvalue weighted by Gasteiger charge is -2.33. The SMILES string of the molecule is COc1cccc(CCC(=O)N2CCCC(CCC(=O)NCc3ccccc3F)C2)c1. The number of carbonyl (C=O) groups excluding carboxylic acids is 2. The van der Waals surface area contributed by atoms with Gasteiger partial charge in [-0.05, 0) is 55.4 Å². The second-order valence-electron chi connectivity index (χ2n) is 8.11. The van der Waals surface area contributed by atoms with Crippen molar-refractivity contribution in [2.75, 3.05) is 20.2 Å². The van der Waals surface area contributed by atoms with E-state index in [-0.39, 0.29) is 24.2 Å². The molecule has 0 radical (unpaired) electrons. The lowest BCUT2D eigenvalue weighted by molar-refractivity contribution is -0.133. The third-order valence-electron chi connectivity index (χ3n) is 5.85. The number of benzene rings is 2. The van der Waals surface area contributed by atoms with E-state index in [2.05, 4.69) is 5.32 Å². The molecule has 5 nitrogen and oxygen atoms in total. The van der Waals surface area contributed by atoms with Crippen LogP contribution in [0.15, 0.2) is 48.5 Å². The number of ether oxygens (including phenoxy) is 1. The van der Waals surface area contributed by atoms with Gasteiger partial charge in [0.15, 0.2) is 0 Å². The minimum absolute atomic E-state index is 0.0790. The zero-order valence-electron chi connectivity index (χ0n) is 18.1. The number of hydrogen-bond acceptors (Lipinski definition) is 3. The van der Waals surface area contributed by atoms with E-state index in [1.54, 1.807) is 25.3 Å². The van der Waals surface area contributed by atoms with Gasteiger partial charge in [-0.25, -0.2) is 4.39 Å². The summed E-state index contributed by atoms with van der Waals surface area (Å²) in [4.78, 5) is 26.8. The van der Waals surface area contributed by atoms with Crippen molar-refractivity contribution >= 4 is 11.8 Å². The maximum absolute atomic E-state index is 13.6. The monoisotopic (exact) mass is 426 g/mol. The third kappa shape index (κ3) is 7.09. The molecule has 2 aromatic carbocycles. The molecule has 166 valence electrons. The Balaban J connectivity index is 1.39. The molecule has 1 atom stereocenters. The number of halogens is 1. The van der Waals surface area contributed by atoms with Crippen molar-refractivity contribution in [3.63, 3.8) is 0 Å². The van der Waals surface area contributed by atoms with Crippen molar-refractivity contribution in [1.82, 2.24) is 10.2 Å². The summed E-state index contributed by atoms with van der Waals surface area (Å²) in [6.45, 7) is 1.69. The van der Waals surface area contributed by atoms with Crippen LogP contribution in [0.25, 0.3) is 0 Å². The third-order valence-corrected chi connectivity index (χ3v) is 5.85. The summed E-state index contributed by atoms with van der Waals surface area (Å²) in [6.07, 6.45) is 4.29. The molecule has 1 N–H and O–H groups in total. The molecule has 31 heavy (non-hydrogen) atoms. The van der Waals surface area contributed by atoms with E-state index in [9.17, 15) is 14.0 Å². The molecule has 0 aromatic heterocycles. The highest BCUT2D eigenvalue weighted by atomic mass is 19.1. The van der Waals surface area contributed by atoms with E-state index in [1.807, 2.05) is 29.2 Å². The number of amides is 2. The molecular formula is C25H31FN2O3. The molecular weight excluding hydrogens is 395 g/mol. The molecule has 1 unspecified atom stereocenters. The summed E-state index contributed by atoms with van der Waals surface area (Å²) in [5.74, 6) is 0.907. The number of nitrogens with one attached hydrogen (secondary N) is 1. The van der Waals surface area contributed by atoms with Crippen LogP contribution in [0.2, 0.25) is 0 Å². The van der Waals surface area contributed by atoms with Crippen molar-refractivity contribution < 1.29 is 18.7 Å². The lowest BCUT2D eigenvalue weighted by atomic mass is 9.93. The van der Waals surface area contributed by atoms with Gasteiger partial charge in [-0.2, -0.15) is 0 Å². The van der Waals surface area contributed by atoms with Crippen molar-refractivity contribution in [3.8, 4) is 5.75 Å². The van der Waals surface area contributed by atoms with Gasteiger partial charge in [-0.1, -0.05) is 30.3 Å². The Morgan fingerprint density at radius 2 is 2.00 bits per heavy atom. The number of aryl methyl sites for hydroxylation is 1. The summed E-state index contributed by atoms with van der Waals surface area (Å²) in [5, 5.41) is 2.79. The van der Waals surface area contributed by atoms with Gasteiger partial charge in [-0.3, -0.25) is 9.59 Å². The summed E-state index contributed by atoms with van der Waals surface area (Å²) in [7, 11) is 1.64. The van der Waals surface area contributed by atoms with Crippen molar-refractivity contribution in [3.05, 3.63) is 65.5 Å². The van der Waals surface area contributed by atoms with Crippen LogP contribution in [0.4, 0.5) is 4.39 Å². The molecule has 1 saturated heterocycles. The summed E-state index contributed by atoms with van der Waals surface area (Å²) >= 11 is 0. The Labute approximate surface area is 183 Å². The molecule has 0 saturated carbocycles. The molecule has 1 heterocycles. The van der Waals surface area contributed by atoms with E-state index in [1.165, 1.54) is 6.07 Å². The quantitative estimate of drug-likeness (QED) is 0.657. The second-order valence-corrected chi connectivity index (χ2v) is 8.11. The fraction of sp³-hybridized carbons (Fsp3) is 0.440. The van der Waals surface area contributed by atoms with Gasteiger partial charge in [0.2, 0.25) is 11.8 Å². The average molecular weight is 427 g/mol. The first kappa shape index (κ1) is 22.8. The number of carbonyl (C=O) groups is 2. The Bertz CT molecular complexity index is 887. The molecule has 1 aliphatic rings. The van der Waals surface area contributed by atoms with Gasteiger partial charge in [0, 0.05) is 38.0 Å². The number of piperidine rings is 1. The zero-order valence-corrected chi connectivity index (χ0v) is 18.1. The van der Waals surface area contributed by atoms with E-state index >= 15 is 0 Å². The standard InChI is InChI=1S/C25H31FN2O3/c1-31-22-9-4-6-19(16-22)12-14-25(30)28-15-5-7-20(18-28)11-13-24(29)27-17-21-8-2-3-10-23(21)26/h2-4,6,8-10,16,20H,5,7,11-15,17-18H2,1H3,(H,27,29).